The predicted molar refractivity (Wildman–Crippen MR) is 152 cm³/mol. The summed E-state index contributed by atoms with van der Waals surface area (Å²) in [5.41, 5.74) is 3.16. The number of oxazole rings is 1. The summed E-state index contributed by atoms with van der Waals surface area (Å²) in [7, 11) is 0. The second kappa shape index (κ2) is 13.4. The molecule has 3 atom stereocenters. The molecule has 0 spiro atoms. The average molecular weight is 536 g/mol. The number of nitrogens with one attached hydrogen (secondary N) is 1. The van der Waals surface area contributed by atoms with Gasteiger partial charge in [-0.05, 0) is 94.8 Å². The van der Waals surface area contributed by atoms with Gasteiger partial charge in [-0.25, -0.2) is 9.18 Å². The molecular formula is C31H38FN3O4. The van der Waals surface area contributed by atoms with Crippen LogP contribution in [-0.4, -0.2) is 52.7 Å². The number of halogens is 1. The summed E-state index contributed by atoms with van der Waals surface area (Å²) in [4.78, 5) is 18.4. The number of hydrogen-bond acceptors (Lipinski definition) is 6. The van der Waals surface area contributed by atoms with E-state index in [1.54, 1.807) is 18.2 Å². The molecule has 2 aliphatic rings. The molecule has 2 heterocycles. The van der Waals surface area contributed by atoms with Crippen LogP contribution in [0, 0.1) is 5.92 Å². The molecule has 2 N–H and O–H groups in total. The lowest BCUT2D eigenvalue weighted by atomic mass is 10.00. The molecule has 1 aromatic carbocycles. The van der Waals surface area contributed by atoms with Gasteiger partial charge in [0.2, 0.25) is 0 Å². The van der Waals surface area contributed by atoms with Crippen molar-refractivity contribution in [3.05, 3.63) is 83.5 Å². The summed E-state index contributed by atoms with van der Waals surface area (Å²) >= 11 is 0. The van der Waals surface area contributed by atoms with Gasteiger partial charge in [-0.15, -0.1) is 0 Å². The average Bonchev–Trinajstić information content (AvgIpc) is 3.63. The highest BCUT2D eigenvalue weighted by atomic mass is 19.1. The lowest BCUT2D eigenvalue weighted by molar-refractivity contribution is 0.0697. The van der Waals surface area contributed by atoms with Gasteiger partial charge < -0.3 is 19.6 Å². The van der Waals surface area contributed by atoms with Gasteiger partial charge >= 0.3 is 5.97 Å². The van der Waals surface area contributed by atoms with Gasteiger partial charge in [0, 0.05) is 24.2 Å². The van der Waals surface area contributed by atoms with E-state index in [2.05, 4.69) is 21.3 Å². The van der Waals surface area contributed by atoms with Crippen molar-refractivity contribution in [2.24, 2.45) is 5.92 Å². The fourth-order valence-corrected chi connectivity index (χ4v) is 5.88. The van der Waals surface area contributed by atoms with E-state index in [9.17, 15) is 14.3 Å². The Balaban J connectivity index is 1.38. The second-order valence-electron chi connectivity index (χ2n) is 9.82. The van der Waals surface area contributed by atoms with Crippen molar-refractivity contribution in [3.8, 4) is 0 Å². The predicted octanol–water partition coefficient (Wildman–Crippen LogP) is 7.03. The van der Waals surface area contributed by atoms with E-state index in [-0.39, 0.29) is 11.6 Å². The smallest absolute Gasteiger partial charge is 0.335 e. The topological polar surface area (TPSA) is 87.8 Å². The molecule has 0 bridgehead atoms. The zero-order valence-corrected chi connectivity index (χ0v) is 22.9. The van der Waals surface area contributed by atoms with Crippen LogP contribution in [0.1, 0.15) is 56.8 Å². The normalized spacial score (nSPS) is 22.9. The van der Waals surface area contributed by atoms with Crippen LogP contribution in [-0.2, 0) is 4.74 Å². The van der Waals surface area contributed by atoms with Crippen LogP contribution in [0.4, 0.5) is 10.4 Å². The minimum Gasteiger partial charge on any atom is -0.494 e. The molecule has 39 heavy (non-hydrogen) atoms. The lowest BCUT2D eigenvalue weighted by Gasteiger charge is -2.24. The van der Waals surface area contributed by atoms with E-state index < -0.39 is 5.97 Å². The maximum Gasteiger partial charge on any atom is 0.335 e. The summed E-state index contributed by atoms with van der Waals surface area (Å²) in [5, 5.41) is 12.7. The summed E-state index contributed by atoms with van der Waals surface area (Å²) in [5.74, 6) is 0.342. The van der Waals surface area contributed by atoms with E-state index in [1.165, 1.54) is 12.1 Å². The van der Waals surface area contributed by atoms with E-state index >= 15 is 0 Å². The van der Waals surface area contributed by atoms with Gasteiger partial charge in [0.15, 0.2) is 5.58 Å². The molecule has 208 valence electrons. The third kappa shape index (κ3) is 6.68. The number of aromatic nitrogens is 1. The number of ether oxygens (including phenoxy) is 1. The third-order valence-electron chi connectivity index (χ3n) is 7.55. The molecule has 7 nitrogen and oxygen atoms in total. The Morgan fingerprint density at radius 2 is 2.15 bits per heavy atom. The first-order valence-corrected chi connectivity index (χ1v) is 13.7. The van der Waals surface area contributed by atoms with Crippen LogP contribution in [0.25, 0.3) is 11.1 Å². The van der Waals surface area contributed by atoms with Crippen molar-refractivity contribution < 1.29 is 23.4 Å². The highest BCUT2D eigenvalue weighted by Crippen LogP contribution is 2.40. The summed E-state index contributed by atoms with van der Waals surface area (Å²) in [6.45, 7) is 8.42. The number of anilines is 1. The molecule has 4 rings (SSSR count). The first-order valence-electron chi connectivity index (χ1n) is 13.7. The van der Waals surface area contributed by atoms with Crippen LogP contribution < -0.4 is 5.32 Å². The zero-order valence-electron chi connectivity index (χ0n) is 22.9. The number of nitrogens with zero attached hydrogens (tertiary/aromatic N) is 2. The highest BCUT2D eigenvalue weighted by Gasteiger charge is 2.43. The molecule has 1 saturated carbocycles. The van der Waals surface area contributed by atoms with Gasteiger partial charge in [0.1, 0.15) is 11.3 Å². The van der Waals surface area contributed by atoms with Crippen molar-refractivity contribution >= 4 is 23.1 Å². The van der Waals surface area contributed by atoms with Crippen LogP contribution in [0.5, 0.6) is 0 Å². The Labute approximate surface area is 229 Å². The quantitative estimate of drug-likeness (QED) is 0.223. The fraction of sp³-hybridized carbons (Fsp3) is 0.419. The van der Waals surface area contributed by atoms with E-state index in [0.29, 0.717) is 42.0 Å². The molecule has 2 aromatic rings. The number of benzene rings is 1. The number of carboxylic acids is 1. The van der Waals surface area contributed by atoms with Crippen LogP contribution >= 0.6 is 0 Å². The number of rotatable bonds is 12. The van der Waals surface area contributed by atoms with Crippen molar-refractivity contribution in [2.75, 3.05) is 25.0 Å². The van der Waals surface area contributed by atoms with Gasteiger partial charge in [0.05, 0.1) is 18.5 Å². The van der Waals surface area contributed by atoms with Crippen LogP contribution in [0.2, 0.25) is 0 Å². The molecule has 3 unspecified atom stereocenters. The lowest BCUT2D eigenvalue weighted by Crippen LogP contribution is -2.33. The number of allylic oxidation sites excluding steroid dienone is 6. The van der Waals surface area contributed by atoms with E-state index in [4.69, 9.17) is 9.15 Å². The zero-order chi connectivity index (χ0) is 27.8. The molecule has 0 radical (unpaired) electrons. The van der Waals surface area contributed by atoms with Gasteiger partial charge in [-0.3, -0.25) is 4.90 Å². The Kier molecular flexibility index (Phi) is 9.76. The molecule has 2 fully saturated rings. The summed E-state index contributed by atoms with van der Waals surface area (Å²) in [6.07, 6.45) is 15.8. The third-order valence-corrected chi connectivity index (χ3v) is 7.55. The second-order valence-corrected chi connectivity index (χ2v) is 9.82. The number of carboxylic acid groups (broad SMARTS) is 1. The number of likely N-dealkylation sites (tertiary alicyclic amines) is 1. The van der Waals surface area contributed by atoms with Crippen molar-refractivity contribution in [3.63, 3.8) is 0 Å². The largest absolute Gasteiger partial charge is 0.494 e. The van der Waals surface area contributed by atoms with Crippen molar-refractivity contribution in [2.45, 2.75) is 58.5 Å². The first-order chi connectivity index (χ1) is 19.0. The minimum atomic E-state index is -0.985. The monoisotopic (exact) mass is 535 g/mol. The van der Waals surface area contributed by atoms with E-state index in [1.807, 2.05) is 39.0 Å². The van der Waals surface area contributed by atoms with Crippen molar-refractivity contribution in [1.29, 1.82) is 0 Å². The standard InChI is InChI=1S/C31H38FN3O4/c1-4-9-21(10-7-17-32)23(5-2)28(38-6-3)11-8-18-35-19-16-24-25(14-15-27(24)35)33-31-34-26-13-12-22(30(36)37)20-29(26)39-31/h4-5,7,9-13,17,20,24-25,27H,6,8,14-16,18-19H2,1-3H3,(H,33,34)(H,36,37)/b9-4-,17-7+,21-10+,23-5-,28-11+. The minimum absolute atomic E-state index is 0.186. The van der Waals surface area contributed by atoms with Crippen LogP contribution in [0.3, 0.4) is 0 Å². The fourth-order valence-electron chi connectivity index (χ4n) is 5.88. The summed E-state index contributed by atoms with van der Waals surface area (Å²) in [6, 6.07) is 5.97. The number of carbonyl (C=O) groups is 1. The molecular weight excluding hydrogens is 497 g/mol. The Bertz CT molecular complexity index is 1310. The molecule has 0 amide bonds. The van der Waals surface area contributed by atoms with E-state index in [0.717, 1.165) is 55.7 Å². The Morgan fingerprint density at radius 3 is 2.87 bits per heavy atom. The van der Waals surface area contributed by atoms with Gasteiger partial charge in [-0.2, -0.15) is 4.98 Å². The molecule has 1 aromatic heterocycles. The highest BCUT2D eigenvalue weighted by molar-refractivity contribution is 5.92. The van der Waals surface area contributed by atoms with Crippen molar-refractivity contribution in [1.82, 2.24) is 9.88 Å². The maximum absolute atomic E-state index is 12.7. The molecule has 1 aliphatic carbocycles. The Morgan fingerprint density at radius 1 is 1.31 bits per heavy atom. The number of aromatic carboxylic acids is 1. The van der Waals surface area contributed by atoms with Crippen LogP contribution in [0.15, 0.2) is 82.3 Å². The maximum atomic E-state index is 12.7. The SMILES string of the molecule is C\C=C/C(=C\C=C\F)C(=C/C)/C(=C\CCN1CCC2C(Nc3nc4ccc(C(=O)O)cc4o3)CCC21)OCC. The Hall–Kier alpha value is -3.65. The first kappa shape index (κ1) is 28.4. The molecule has 8 heteroatoms. The number of hydrogen-bond donors (Lipinski definition) is 2. The molecule has 1 saturated heterocycles. The van der Waals surface area contributed by atoms with Gasteiger partial charge in [-0.1, -0.05) is 24.3 Å². The van der Waals surface area contributed by atoms with Gasteiger partial charge in [0.25, 0.3) is 6.01 Å². The number of fused-ring (bicyclic) bond motifs is 2. The molecule has 1 aliphatic heterocycles. The summed E-state index contributed by atoms with van der Waals surface area (Å²) < 4.78 is 24.5.